The summed E-state index contributed by atoms with van der Waals surface area (Å²) >= 11 is 0. The summed E-state index contributed by atoms with van der Waals surface area (Å²) in [7, 11) is 5.33. The molecule has 0 atom stereocenters. The van der Waals surface area contributed by atoms with Crippen LogP contribution < -0.4 is 4.74 Å². The van der Waals surface area contributed by atoms with Gasteiger partial charge in [0.15, 0.2) is 11.5 Å². The number of hydrogen-bond acceptors (Lipinski definition) is 4. The lowest BCUT2D eigenvalue weighted by atomic mass is 10.2. The Labute approximate surface area is 103 Å². The molecule has 0 aliphatic carbocycles. The lowest BCUT2D eigenvalue weighted by Crippen LogP contribution is -2.20. The molecular formula is C13H21NO3. The van der Waals surface area contributed by atoms with E-state index in [0.717, 1.165) is 31.7 Å². The van der Waals surface area contributed by atoms with Gasteiger partial charge in [0.25, 0.3) is 0 Å². The van der Waals surface area contributed by atoms with Gasteiger partial charge in [0, 0.05) is 26.8 Å². The van der Waals surface area contributed by atoms with Gasteiger partial charge < -0.3 is 19.5 Å². The lowest BCUT2D eigenvalue weighted by Gasteiger charge is -2.17. The first-order valence-corrected chi connectivity index (χ1v) is 5.70. The Morgan fingerprint density at radius 3 is 2.71 bits per heavy atom. The van der Waals surface area contributed by atoms with Crippen molar-refractivity contribution in [3.63, 3.8) is 0 Å². The van der Waals surface area contributed by atoms with Crippen LogP contribution in [0, 0.1) is 0 Å². The summed E-state index contributed by atoms with van der Waals surface area (Å²) in [6.07, 6.45) is 1.02. The second-order valence-electron chi connectivity index (χ2n) is 4.09. The van der Waals surface area contributed by atoms with Gasteiger partial charge in [-0.25, -0.2) is 0 Å². The van der Waals surface area contributed by atoms with Crippen LogP contribution in [0.25, 0.3) is 0 Å². The minimum atomic E-state index is 0.179. The largest absolute Gasteiger partial charge is 0.504 e. The van der Waals surface area contributed by atoms with Crippen LogP contribution in [0.3, 0.4) is 0 Å². The summed E-state index contributed by atoms with van der Waals surface area (Å²) < 4.78 is 10.1. The second kappa shape index (κ2) is 7.14. The Balaban J connectivity index is 2.50. The summed E-state index contributed by atoms with van der Waals surface area (Å²) in [5.74, 6) is 0.700. The van der Waals surface area contributed by atoms with Crippen LogP contribution in [-0.4, -0.2) is 44.4 Å². The number of aromatic hydroxyl groups is 1. The molecule has 0 unspecified atom stereocenters. The van der Waals surface area contributed by atoms with E-state index in [1.165, 1.54) is 0 Å². The summed E-state index contributed by atoms with van der Waals surface area (Å²) in [6.45, 7) is 2.60. The number of ether oxygens (including phenoxy) is 2. The summed E-state index contributed by atoms with van der Waals surface area (Å²) in [5.41, 5.74) is 1.12. The number of phenols is 1. The third-order valence-corrected chi connectivity index (χ3v) is 2.58. The molecule has 0 amide bonds. The Morgan fingerprint density at radius 2 is 2.06 bits per heavy atom. The van der Waals surface area contributed by atoms with Crippen molar-refractivity contribution in [1.82, 2.24) is 4.90 Å². The van der Waals surface area contributed by atoms with Gasteiger partial charge in [-0.05, 0) is 31.2 Å². The van der Waals surface area contributed by atoms with Gasteiger partial charge in [0.1, 0.15) is 0 Å². The van der Waals surface area contributed by atoms with Crippen molar-refractivity contribution in [3.05, 3.63) is 23.8 Å². The van der Waals surface area contributed by atoms with Crippen LogP contribution >= 0.6 is 0 Å². The number of benzene rings is 1. The maximum Gasteiger partial charge on any atom is 0.160 e. The summed E-state index contributed by atoms with van der Waals surface area (Å²) in [5, 5.41) is 9.49. The van der Waals surface area contributed by atoms with Crippen LogP contribution in [0.15, 0.2) is 18.2 Å². The first-order valence-electron chi connectivity index (χ1n) is 5.70. The highest BCUT2D eigenvalue weighted by Crippen LogP contribution is 2.26. The monoisotopic (exact) mass is 239 g/mol. The molecule has 1 N–H and O–H groups in total. The zero-order chi connectivity index (χ0) is 12.7. The number of rotatable bonds is 7. The zero-order valence-corrected chi connectivity index (χ0v) is 10.8. The van der Waals surface area contributed by atoms with E-state index >= 15 is 0 Å². The molecule has 1 rings (SSSR count). The van der Waals surface area contributed by atoms with E-state index in [2.05, 4.69) is 11.9 Å². The van der Waals surface area contributed by atoms with Crippen molar-refractivity contribution < 1.29 is 14.6 Å². The van der Waals surface area contributed by atoms with E-state index in [1.807, 2.05) is 12.1 Å². The Hall–Kier alpha value is -1.26. The van der Waals surface area contributed by atoms with E-state index in [0.29, 0.717) is 5.75 Å². The molecular weight excluding hydrogens is 218 g/mol. The van der Waals surface area contributed by atoms with E-state index in [4.69, 9.17) is 9.47 Å². The average molecular weight is 239 g/mol. The third-order valence-electron chi connectivity index (χ3n) is 2.58. The maximum absolute atomic E-state index is 9.49. The minimum absolute atomic E-state index is 0.179. The van der Waals surface area contributed by atoms with Crippen molar-refractivity contribution in [2.75, 3.05) is 34.4 Å². The fraction of sp³-hybridized carbons (Fsp3) is 0.538. The Morgan fingerprint density at radius 1 is 1.29 bits per heavy atom. The van der Waals surface area contributed by atoms with Gasteiger partial charge in [-0.2, -0.15) is 0 Å². The fourth-order valence-electron chi connectivity index (χ4n) is 1.69. The molecule has 0 aliphatic heterocycles. The van der Waals surface area contributed by atoms with E-state index in [9.17, 15) is 5.11 Å². The molecule has 0 spiro atoms. The number of hydrogen-bond donors (Lipinski definition) is 1. The van der Waals surface area contributed by atoms with Crippen LogP contribution in [0.1, 0.15) is 12.0 Å². The first-order chi connectivity index (χ1) is 8.17. The molecule has 1 aromatic rings. The highest BCUT2D eigenvalue weighted by atomic mass is 16.5. The molecule has 0 radical (unpaired) electrons. The van der Waals surface area contributed by atoms with E-state index in [-0.39, 0.29) is 5.75 Å². The number of phenolic OH excluding ortho intramolecular Hbond substituents is 1. The molecule has 4 heteroatoms. The van der Waals surface area contributed by atoms with Gasteiger partial charge in [0.2, 0.25) is 0 Å². The van der Waals surface area contributed by atoms with Crippen molar-refractivity contribution in [3.8, 4) is 11.5 Å². The molecule has 0 saturated heterocycles. The van der Waals surface area contributed by atoms with Crippen molar-refractivity contribution >= 4 is 0 Å². The lowest BCUT2D eigenvalue weighted by molar-refractivity contribution is 0.178. The highest BCUT2D eigenvalue weighted by Gasteiger charge is 2.05. The summed E-state index contributed by atoms with van der Waals surface area (Å²) in [6, 6.07) is 5.43. The maximum atomic E-state index is 9.49. The highest BCUT2D eigenvalue weighted by molar-refractivity contribution is 5.41. The Bertz CT molecular complexity index is 341. The normalized spacial score (nSPS) is 10.8. The van der Waals surface area contributed by atoms with Gasteiger partial charge in [-0.15, -0.1) is 0 Å². The zero-order valence-electron chi connectivity index (χ0n) is 10.8. The van der Waals surface area contributed by atoms with Crippen LogP contribution in [0.4, 0.5) is 0 Å². The molecule has 0 aromatic heterocycles. The smallest absolute Gasteiger partial charge is 0.160 e. The molecule has 0 bridgehead atoms. The average Bonchev–Trinajstić information content (AvgIpc) is 2.32. The van der Waals surface area contributed by atoms with E-state index < -0.39 is 0 Å². The van der Waals surface area contributed by atoms with Gasteiger partial charge in [-0.1, -0.05) is 6.07 Å². The topological polar surface area (TPSA) is 41.9 Å². The molecule has 0 heterocycles. The molecule has 1 aromatic carbocycles. The summed E-state index contributed by atoms with van der Waals surface area (Å²) in [4.78, 5) is 2.21. The minimum Gasteiger partial charge on any atom is -0.504 e. The van der Waals surface area contributed by atoms with Crippen molar-refractivity contribution in [1.29, 1.82) is 0 Å². The molecule has 0 fully saturated rings. The van der Waals surface area contributed by atoms with Crippen molar-refractivity contribution in [2.45, 2.75) is 13.0 Å². The van der Waals surface area contributed by atoms with Gasteiger partial charge in [0.05, 0.1) is 7.11 Å². The fourth-order valence-corrected chi connectivity index (χ4v) is 1.69. The van der Waals surface area contributed by atoms with Crippen LogP contribution in [0.5, 0.6) is 11.5 Å². The SMILES string of the molecule is COCCCN(C)Cc1ccc(O)c(OC)c1. The third kappa shape index (κ3) is 4.63. The number of methoxy groups -OCH3 is 2. The predicted molar refractivity (Wildman–Crippen MR) is 67.5 cm³/mol. The van der Waals surface area contributed by atoms with E-state index in [1.54, 1.807) is 20.3 Å². The Kier molecular flexibility index (Phi) is 5.80. The molecule has 96 valence electrons. The predicted octanol–water partition coefficient (Wildman–Crippen LogP) is 1.87. The molecule has 0 saturated carbocycles. The van der Waals surface area contributed by atoms with Gasteiger partial charge >= 0.3 is 0 Å². The number of nitrogens with zero attached hydrogens (tertiary/aromatic N) is 1. The molecule has 17 heavy (non-hydrogen) atoms. The van der Waals surface area contributed by atoms with Crippen LogP contribution in [-0.2, 0) is 11.3 Å². The molecule has 0 aliphatic rings. The van der Waals surface area contributed by atoms with Gasteiger partial charge in [-0.3, -0.25) is 0 Å². The quantitative estimate of drug-likeness (QED) is 0.738. The second-order valence-corrected chi connectivity index (χ2v) is 4.09. The molecule has 4 nitrogen and oxygen atoms in total. The van der Waals surface area contributed by atoms with Crippen molar-refractivity contribution in [2.24, 2.45) is 0 Å². The standard InChI is InChI=1S/C13H21NO3/c1-14(7-4-8-16-2)10-11-5-6-12(15)13(9-11)17-3/h5-6,9,15H,4,7-8,10H2,1-3H3. The van der Waals surface area contributed by atoms with Crippen LogP contribution in [0.2, 0.25) is 0 Å². The first kappa shape index (κ1) is 13.8.